The summed E-state index contributed by atoms with van der Waals surface area (Å²) >= 11 is 5.74. The number of alkyl halides is 1. The van der Waals surface area contributed by atoms with Crippen LogP contribution in [0.1, 0.15) is 23.6 Å². The second kappa shape index (κ2) is 6.14. The molecule has 1 N–H and O–H groups in total. The third kappa shape index (κ3) is 4.67. The lowest BCUT2D eigenvalue weighted by molar-refractivity contribution is 0.556. The molecule has 0 aliphatic rings. The van der Waals surface area contributed by atoms with Crippen molar-refractivity contribution in [3.05, 3.63) is 34.9 Å². The van der Waals surface area contributed by atoms with Gasteiger partial charge >= 0.3 is 0 Å². The molecule has 0 saturated carbocycles. The molecule has 2 heteroatoms. The first kappa shape index (κ1) is 12.5. The molecule has 0 aliphatic carbocycles. The van der Waals surface area contributed by atoms with Crippen molar-refractivity contribution in [3.8, 4) is 0 Å². The molecule has 1 rings (SSSR count). The average Bonchev–Trinajstić information content (AvgIpc) is 2.16. The number of hydrogen-bond acceptors (Lipinski definition) is 1. The first-order valence-corrected chi connectivity index (χ1v) is 5.99. The highest BCUT2D eigenvalue weighted by molar-refractivity contribution is 6.18. The molecule has 84 valence electrons. The molecule has 0 fully saturated rings. The summed E-state index contributed by atoms with van der Waals surface area (Å²) < 4.78 is 0. The Morgan fingerprint density at radius 3 is 2.33 bits per heavy atom. The van der Waals surface area contributed by atoms with Gasteiger partial charge < -0.3 is 5.32 Å². The normalized spacial score (nSPS) is 12.8. The molecule has 1 unspecified atom stereocenters. The minimum absolute atomic E-state index is 0.539. The highest BCUT2D eigenvalue weighted by atomic mass is 35.5. The van der Waals surface area contributed by atoms with Gasteiger partial charge in [0.05, 0.1) is 0 Å². The Bertz CT molecular complexity index is 289. The molecule has 0 radical (unpaired) electrons. The van der Waals surface area contributed by atoms with Crippen molar-refractivity contribution in [1.29, 1.82) is 0 Å². The van der Waals surface area contributed by atoms with Crippen LogP contribution in [-0.2, 0) is 6.54 Å². The summed E-state index contributed by atoms with van der Waals surface area (Å²) in [4.78, 5) is 0. The van der Waals surface area contributed by atoms with Crippen LogP contribution in [0, 0.1) is 19.8 Å². The van der Waals surface area contributed by atoms with E-state index < -0.39 is 0 Å². The lowest BCUT2D eigenvalue weighted by Crippen LogP contribution is -2.21. The number of benzene rings is 1. The van der Waals surface area contributed by atoms with Crippen molar-refractivity contribution in [3.63, 3.8) is 0 Å². The van der Waals surface area contributed by atoms with Gasteiger partial charge in [-0.1, -0.05) is 36.2 Å². The maximum Gasteiger partial charge on any atom is 0.0261 e. The summed E-state index contributed by atoms with van der Waals surface area (Å²) in [6.07, 6.45) is 0. The zero-order valence-electron chi connectivity index (χ0n) is 9.81. The van der Waals surface area contributed by atoms with E-state index in [1.807, 2.05) is 0 Å². The van der Waals surface area contributed by atoms with Crippen LogP contribution in [-0.4, -0.2) is 12.4 Å². The number of rotatable bonds is 5. The highest BCUT2D eigenvalue weighted by Gasteiger charge is 2.00. The Kier molecular flexibility index (Phi) is 5.13. The van der Waals surface area contributed by atoms with E-state index in [1.54, 1.807) is 0 Å². The maximum absolute atomic E-state index is 5.74. The summed E-state index contributed by atoms with van der Waals surface area (Å²) in [6, 6.07) is 6.65. The molecule has 1 aromatic rings. The molecule has 0 spiro atoms. The molecule has 1 nitrogen and oxygen atoms in total. The zero-order chi connectivity index (χ0) is 11.3. The van der Waals surface area contributed by atoms with E-state index in [4.69, 9.17) is 11.6 Å². The lowest BCUT2D eigenvalue weighted by atomic mass is 10.1. The molecule has 0 amide bonds. The van der Waals surface area contributed by atoms with E-state index in [0.29, 0.717) is 5.92 Å². The summed E-state index contributed by atoms with van der Waals surface area (Å²) in [5.41, 5.74) is 4.02. The van der Waals surface area contributed by atoms with Crippen LogP contribution < -0.4 is 5.32 Å². The second-order valence-electron chi connectivity index (χ2n) is 4.39. The standard InChI is InChI=1S/C13H20ClN/c1-10-4-11(2)6-13(5-10)9-15-8-12(3)7-14/h4-6,12,15H,7-9H2,1-3H3. The van der Waals surface area contributed by atoms with Gasteiger partial charge in [-0.05, 0) is 31.9 Å². The van der Waals surface area contributed by atoms with E-state index in [0.717, 1.165) is 19.0 Å². The molecule has 0 heterocycles. The van der Waals surface area contributed by atoms with Crippen molar-refractivity contribution in [2.45, 2.75) is 27.3 Å². The smallest absolute Gasteiger partial charge is 0.0261 e. The predicted molar refractivity (Wildman–Crippen MR) is 67.5 cm³/mol. The Labute approximate surface area is 97.8 Å². The molecule has 0 aromatic heterocycles. The Balaban J connectivity index is 2.43. The maximum atomic E-state index is 5.74. The average molecular weight is 226 g/mol. The quantitative estimate of drug-likeness (QED) is 0.759. The fourth-order valence-electron chi connectivity index (χ4n) is 1.69. The predicted octanol–water partition coefficient (Wildman–Crippen LogP) is 3.27. The van der Waals surface area contributed by atoms with Gasteiger partial charge in [0, 0.05) is 12.4 Å². The van der Waals surface area contributed by atoms with Crippen molar-refractivity contribution in [1.82, 2.24) is 5.32 Å². The second-order valence-corrected chi connectivity index (χ2v) is 4.69. The van der Waals surface area contributed by atoms with Crippen LogP contribution in [0.5, 0.6) is 0 Å². The zero-order valence-corrected chi connectivity index (χ0v) is 10.6. The molecular weight excluding hydrogens is 206 g/mol. The van der Waals surface area contributed by atoms with Gasteiger partial charge in [-0.3, -0.25) is 0 Å². The van der Waals surface area contributed by atoms with E-state index in [2.05, 4.69) is 44.3 Å². The number of nitrogens with one attached hydrogen (secondary N) is 1. The van der Waals surface area contributed by atoms with Crippen LogP contribution in [0.4, 0.5) is 0 Å². The molecule has 0 aliphatic heterocycles. The monoisotopic (exact) mass is 225 g/mol. The van der Waals surface area contributed by atoms with Gasteiger partial charge in [0.1, 0.15) is 0 Å². The molecule has 1 aromatic carbocycles. The highest BCUT2D eigenvalue weighted by Crippen LogP contribution is 2.08. The largest absolute Gasteiger partial charge is 0.312 e. The van der Waals surface area contributed by atoms with Crippen LogP contribution in [0.3, 0.4) is 0 Å². The molecule has 0 bridgehead atoms. The van der Waals surface area contributed by atoms with Crippen molar-refractivity contribution >= 4 is 11.6 Å². The molecule has 15 heavy (non-hydrogen) atoms. The third-order valence-corrected chi connectivity index (χ3v) is 2.89. The Morgan fingerprint density at radius 2 is 1.80 bits per heavy atom. The van der Waals surface area contributed by atoms with E-state index in [9.17, 15) is 0 Å². The summed E-state index contributed by atoms with van der Waals surface area (Å²) in [5, 5.41) is 3.42. The van der Waals surface area contributed by atoms with E-state index in [1.165, 1.54) is 16.7 Å². The van der Waals surface area contributed by atoms with Crippen LogP contribution in [0.2, 0.25) is 0 Å². The van der Waals surface area contributed by atoms with Crippen LogP contribution in [0.15, 0.2) is 18.2 Å². The van der Waals surface area contributed by atoms with Gasteiger partial charge in [0.2, 0.25) is 0 Å². The molecular formula is C13H20ClN. The summed E-state index contributed by atoms with van der Waals surface area (Å²) in [7, 11) is 0. The minimum Gasteiger partial charge on any atom is -0.312 e. The Morgan fingerprint density at radius 1 is 1.20 bits per heavy atom. The minimum atomic E-state index is 0.539. The fourth-order valence-corrected chi connectivity index (χ4v) is 1.80. The number of hydrogen-bond donors (Lipinski definition) is 1. The van der Waals surface area contributed by atoms with Gasteiger partial charge in [-0.15, -0.1) is 11.6 Å². The lowest BCUT2D eigenvalue weighted by Gasteiger charge is -2.10. The molecule has 0 saturated heterocycles. The first-order chi connectivity index (χ1) is 7.11. The van der Waals surface area contributed by atoms with Crippen LogP contribution >= 0.6 is 11.6 Å². The van der Waals surface area contributed by atoms with Crippen molar-refractivity contribution in [2.24, 2.45) is 5.92 Å². The fraction of sp³-hybridized carbons (Fsp3) is 0.538. The molecule has 1 atom stereocenters. The summed E-state index contributed by atoms with van der Waals surface area (Å²) in [6.45, 7) is 8.34. The Hall–Kier alpha value is -0.530. The number of halogens is 1. The van der Waals surface area contributed by atoms with Gasteiger partial charge in [-0.2, -0.15) is 0 Å². The van der Waals surface area contributed by atoms with E-state index >= 15 is 0 Å². The van der Waals surface area contributed by atoms with Gasteiger partial charge in [-0.25, -0.2) is 0 Å². The topological polar surface area (TPSA) is 12.0 Å². The first-order valence-electron chi connectivity index (χ1n) is 5.45. The number of aryl methyl sites for hydroxylation is 2. The van der Waals surface area contributed by atoms with Gasteiger partial charge in [0.15, 0.2) is 0 Å². The van der Waals surface area contributed by atoms with Crippen molar-refractivity contribution in [2.75, 3.05) is 12.4 Å². The van der Waals surface area contributed by atoms with Crippen LogP contribution in [0.25, 0.3) is 0 Å². The summed E-state index contributed by atoms with van der Waals surface area (Å²) in [5.74, 6) is 1.26. The van der Waals surface area contributed by atoms with Gasteiger partial charge in [0.25, 0.3) is 0 Å². The van der Waals surface area contributed by atoms with E-state index in [-0.39, 0.29) is 0 Å². The van der Waals surface area contributed by atoms with Crippen molar-refractivity contribution < 1.29 is 0 Å². The third-order valence-electron chi connectivity index (χ3n) is 2.37. The SMILES string of the molecule is Cc1cc(C)cc(CNCC(C)CCl)c1.